The first-order chi connectivity index (χ1) is 9.58. The van der Waals surface area contributed by atoms with E-state index in [1.165, 1.54) is 0 Å². The van der Waals surface area contributed by atoms with Gasteiger partial charge in [-0.25, -0.2) is 0 Å². The molecule has 0 amide bonds. The molecular formula is C16H17BrClNO. The van der Waals surface area contributed by atoms with Crippen molar-refractivity contribution in [1.29, 1.82) is 0 Å². The summed E-state index contributed by atoms with van der Waals surface area (Å²) in [5.74, 6) is 0. The first-order valence-corrected chi connectivity index (χ1v) is 7.61. The molecule has 2 atom stereocenters. The van der Waals surface area contributed by atoms with E-state index in [9.17, 15) is 0 Å². The number of halogens is 2. The number of hydrogen-bond donors (Lipinski definition) is 1. The van der Waals surface area contributed by atoms with E-state index in [0.717, 1.165) is 15.6 Å². The van der Waals surface area contributed by atoms with E-state index in [1.807, 2.05) is 55.5 Å². The van der Waals surface area contributed by atoms with Gasteiger partial charge < -0.3 is 10.5 Å². The molecule has 0 aliphatic rings. The Morgan fingerprint density at radius 3 is 2.40 bits per heavy atom. The molecule has 2 nitrogen and oxygen atoms in total. The Balaban J connectivity index is 2.11. The largest absolute Gasteiger partial charge is 0.367 e. The molecule has 0 bridgehead atoms. The Hall–Kier alpha value is -0.870. The number of nitrogens with two attached hydrogens (primary N) is 1. The fourth-order valence-electron chi connectivity index (χ4n) is 2.00. The molecule has 0 heterocycles. The topological polar surface area (TPSA) is 35.2 Å². The summed E-state index contributed by atoms with van der Waals surface area (Å²) in [7, 11) is 0. The quantitative estimate of drug-likeness (QED) is 0.844. The Bertz CT molecular complexity index is 557. The average molecular weight is 355 g/mol. The van der Waals surface area contributed by atoms with Crippen LogP contribution < -0.4 is 5.73 Å². The van der Waals surface area contributed by atoms with Crippen LogP contribution in [0, 0.1) is 0 Å². The van der Waals surface area contributed by atoms with Crippen molar-refractivity contribution < 1.29 is 4.74 Å². The van der Waals surface area contributed by atoms with Gasteiger partial charge in [0.2, 0.25) is 0 Å². The van der Waals surface area contributed by atoms with Crippen LogP contribution in [0.25, 0.3) is 0 Å². The molecule has 20 heavy (non-hydrogen) atoms. The van der Waals surface area contributed by atoms with Gasteiger partial charge in [0.15, 0.2) is 0 Å². The van der Waals surface area contributed by atoms with Crippen molar-refractivity contribution >= 4 is 27.5 Å². The van der Waals surface area contributed by atoms with Gasteiger partial charge >= 0.3 is 0 Å². The lowest BCUT2D eigenvalue weighted by molar-refractivity contribution is 0.0256. The zero-order chi connectivity index (χ0) is 14.5. The molecule has 0 saturated carbocycles. The number of benzene rings is 2. The van der Waals surface area contributed by atoms with Crippen LogP contribution in [-0.2, 0) is 11.3 Å². The predicted molar refractivity (Wildman–Crippen MR) is 86.8 cm³/mol. The molecule has 4 heteroatoms. The van der Waals surface area contributed by atoms with Crippen LogP contribution in [-0.4, -0.2) is 6.04 Å². The third kappa shape index (κ3) is 4.06. The first kappa shape index (κ1) is 15.5. The van der Waals surface area contributed by atoms with Crippen molar-refractivity contribution in [3.63, 3.8) is 0 Å². The predicted octanol–water partition coefficient (Wildman–Crippen LogP) is 4.71. The Morgan fingerprint density at radius 2 is 1.80 bits per heavy atom. The zero-order valence-electron chi connectivity index (χ0n) is 11.2. The molecule has 0 saturated heterocycles. The highest BCUT2D eigenvalue weighted by atomic mass is 79.9. The highest BCUT2D eigenvalue weighted by Crippen LogP contribution is 2.25. The van der Waals surface area contributed by atoms with E-state index < -0.39 is 0 Å². The van der Waals surface area contributed by atoms with Crippen LogP contribution in [0.2, 0.25) is 5.02 Å². The first-order valence-electron chi connectivity index (χ1n) is 6.44. The number of hydrogen-bond acceptors (Lipinski definition) is 2. The van der Waals surface area contributed by atoms with Crippen LogP contribution in [0.5, 0.6) is 0 Å². The maximum Gasteiger partial charge on any atom is 0.0977 e. The van der Waals surface area contributed by atoms with Crippen molar-refractivity contribution in [3.8, 4) is 0 Å². The van der Waals surface area contributed by atoms with Crippen LogP contribution in [0.1, 0.15) is 24.2 Å². The Morgan fingerprint density at radius 1 is 1.15 bits per heavy atom. The van der Waals surface area contributed by atoms with Crippen LogP contribution in [0.15, 0.2) is 53.0 Å². The van der Waals surface area contributed by atoms with Crippen molar-refractivity contribution in [3.05, 3.63) is 69.2 Å². The fraction of sp³-hybridized carbons (Fsp3) is 0.250. The Kier molecular flexibility index (Phi) is 5.61. The molecule has 0 radical (unpaired) electrons. The van der Waals surface area contributed by atoms with Gasteiger partial charge in [0.05, 0.1) is 12.7 Å². The van der Waals surface area contributed by atoms with Gasteiger partial charge in [-0.1, -0.05) is 57.9 Å². The summed E-state index contributed by atoms with van der Waals surface area (Å²) in [6, 6.07) is 15.5. The molecule has 0 aromatic heterocycles. The molecular weight excluding hydrogens is 338 g/mol. The highest BCUT2D eigenvalue weighted by Gasteiger charge is 2.17. The lowest BCUT2D eigenvalue weighted by atomic mass is 10.0. The van der Waals surface area contributed by atoms with Gasteiger partial charge in [0, 0.05) is 15.5 Å². The summed E-state index contributed by atoms with van der Waals surface area (Å²) in [4.78, 5) is 0. The van der Waals surface area contributed by atoms with Crippen molar-refractivity contribution in [2.75, 3.05) is 0 Å². The lowest BCUT2D eigenvalue weighted by Gasteiger charge is -2.22. The fourth-order valence-corrected chi connectivity index (χ4v) is 2.52. The van der Waals surface area contributed by atoms with Crippen LogP contribution in [0.3, 0.4) is 0 Å². The third-order valence-electron chi connectivity index (χ3n) is 3.05. The Labute approximate surface area is 133 Å². The highest BCUT2D eigenvalue weighted by molar-refractivity contribution is 9.10. The van der Waals surface area contributed by atoms with Gasteiger partial charge in [0.1, 0.15) is 0 Å². The zero-order valence-corrected chi connectivity index (χ0v) is 13.6. The molecule has 0 aliphatic carbocycles. The monoisotopic (exact) mass is 353 g/mol. The van der Waals surface area contributed by atoms with E-state index in [1.54, 1.807) is 0 Å². The number of rotatable bonds is 5. The van der Waals surface area contributed by atoms with E-state index >= 15 is 0 Å². The smallest absolute Gasteiger partial charge is 0.0977 e. The summed E-state index contributed by atoms with van der Waals surface area (Å²) in [5, 5.41) is 0.711. The molecule has 0 fully saturated rings. The van der Waals surface area contributed by atoms with E-state index in [-0.39, 0.29) is 12.1 Å². The molecule has 0 spiro atoms. The second-order valence-corrected chi connectivity index (χ2v) is 6.02. The molecule has 0 aliphatic heterocycles. The van der Waals surface area contributed by atoms with Gasteiger partial charge in [0.25, 0.3) is 0 Å². The maximum atomic E-state index is 6.04. The maximum absolute atomic E-state index is 6.04. The summed E-state index contributed by atoms with van der Waals surface area (Å²) < 4.78 is 7.04. The molecule has 2 N–H and O–H groups in total. The summed E-state index contributed by atoms with van der Waals surface area (Å²) in [5.41, 5.74) is 8.18. The molecule has 2 aromatic rings. The van der Waals surface area contributed by atoms with Crippen molar-refractivity contribution in [2.24, 2.45) is 5.73 Å². The minimum atomic E-state index is -0.153. The molecule has 2 unspecified atom stereocenters. The van der Waals surface area contributed by atoms with Crippen molar-refractivity contribution in [2.45, 2.75) is 25.7 Å². The van der Waals surface area contributed by atoms with Crippen LogP contribution in [0.4, 0.5) is 0 Å². The normalized spacial score (nSPS) is 14.0. The van der Waals surface area contributed by atoms with Crippen molar-refractivity contribution in [1.82, 2.24) is 0 Å². The van der Waals surface area contributed by atoms with Gasteiger partial charge in [-0.2, -0.15) is 0 Å². The minimum Gasteiger partial charge on any atom is -0.367 e. The molecule has 2 aromatic carbocycles. The standard InChI is InChI=1S/C16H17BrClNO/c1-11(19)16(12-6-8-14(18)9-7-12)20-10-13-4-2-3-5-15(13)17/h2-9,11,16H,10,19H2,1H3. The third-order valence-corrected chi connectivity index (χ3v) is 4.08. The van der Waals surface area contributed by atoms with Gasteiger partial charge in [-0.05, 0) is 36.2 Å². The second kappa shape index (κ2) is 7.23. The van der Waals surface area contributed by atoms with Gasteiger partial charge in [-0.3, -0.25) is 0 Å². The van der Waals surface area contributed by atoms with E-state index in [0.29, 0.717) is 11.6 Å². The minimum absolute atomic E-state index is 0.0985. The average Bonchev–Trinajstić information content (AvgIpc) is 2.42. The van der Waals surface area contributed by atoms with Gasteiger partial charge in [-0.15, -0.1) is 0 Å². The molecule has 2 rings (SSSR count). The summed E-state index contributed by atoms with van der Waals surface area (Å²) in [6.45, 7) is 2.45. The lowest BCUT2D eigenvalue weighted by Crippen LogP contribution is -2.27. The summed E-state index contributed by atoms with van der Waals surface area (Å²) >= 11 is 9.43. The van der Waals surface area contributed by atoms with E-state index in [4.69, 9.17) is 22.1 Å². The number of ether oxygens (including phenoxy) is 1. The summed E-state index contributed by atoms with van der Waals surface area (Å²) in [6.07, 6.45) is -0.153. The second-order valence-electron chi connectivity index (χ2n) is 4.73. The van der Waals surface area contributed by atoms with E-state index in [2.05, 4.69) is 15.9 Å². The van der Waals surface area contributed by atoms with Crippen LogP contribution >= 0.6 is 27.5 Å². The SMILES string of the molecule is CC(N)C(OCc1ccccc1Br)c1ccc(Cl)cc1. The molecule has 106 valence electrons.